The molecule has 1 N–H and O–H groups in total. The van der Waals surface area contributed by atoms with E-state index in [1.165, 1.54) is 18.0 Å². The minimum atomic E-state index is -0.176. The van der Waals surface area contributed by atoms with Gasteiger partial charge in [-0.1, -0.05) is 11.6 Å². The van der Waals surface area contributed by atoms with Crippen LogP contribution in [0.2, 0.25) is 5.02 Å². The number of hydrazone groups is 1. The number of furan rings is 1. The molecule has 0 radical (unpaired) electrons. The Balaban J connectivity index is 1.75. The van der Waals surface area contributed by atoms with Crippen LogP contribution in [0.5, 0.6) is 0 Å². The highest BCUT2D eigenvalue weighted by Gasteiger charge is 2.01. The summed E-state index contributed by atoms with van der Waals surface area (Å²) in [5.41, 5.74) is 2.45. The Labute approximate surface area is 126 Å². The van der Waals surface area contributed by atoms with Gasteiger partial charge in [-0.15, -0.1) is 11.8 Å². The SMILES string of the molecule is Cc1ccc(/C=N/NC(=O)CSc2ccc(Cl)cc2)o1. The molecule has 0 aliphatic carbocycles. The second-order valence-corrected chi connectivity index (χ2v) is 5.47. The van der Waals surface area contributed by atoms with E-state index in [1.54, 1.807) is 18.2 Å². The normalized spacial score (nSPS) is 10.9. The van der Waals surface area contributed by atoms with E-state index < -0.39 is 0 Å². The van der Waals surface area contributed by atoms with Gasteiger partial charge in [0.25, 0.3) is 0 Å². The highest BCUT2D eigenvalue weighted by molar-refractivity contribution is 8.00. The van der Waals surface area contributed by atoms with Crippen molar-refractivity contribution < 1.29 is 9.21 Å². The van der Waals surface area contributed by atoms with Gasteiger partial charge < -0.3 is 4.42 Å². The highest BCUT2D eigenvalue weighted by Crippen LogP contribution is 2.19. The van der Waals surface area contributed by atoms with Crippen LogP contribution in [0, 0.1) is 6.92 Å². The molecular weight excluding hydrogens is 296 g/mol. The third-order valence-corrected chi connectivity index (χ3v) is 3.59. The van der Waals surface area contributed by atoms with E-state index in [0.717, 1.165) is 10.7 Å². The first-order valence-corrected chi connectivity index (χ1v) is 7.26. The van der Waals surface area contributed by atoms with Crippen LogP contribution in [0.3, 0.4) is 0 Å². The van der Waals surface area contributed by atoms with Crippen molar-refractivity contribution in [3.8, 4) is 0 Å². The standard InChI is InChI=1S/C14H13ClN2O2S/c1-10-2-5-12(19-10)8-16-17-14(18)9-20-13-6-3-11(15)4-7-13/h2-8H,9H2,1H3,(H,17,18)/b16-8+. The van der Waals surface area contributed by atoms with Crippen LogP contribution in [-0.4, -0.2) is 17.9 Å². The number of nitrogens with zero attached hydrogens (tertiary/aromatic N) is 1. The average molecular weight is 309 g/mol. The van der Waals surface area contributed by atoms with Crippen molar-refractivity contribution in [1.82, 2.24) is 5.43 Å². The Morgan fingerprint density at radius 2 is 2.10 bits per heavy atom. The van der Waals surface area contributed by atoms with Gasteiger partial charge >= 0.3 is 0 Å². The van der Waals surface area contributed by atoms with Gasteiger partial charge in [-0.25, -0.2) is 5.43 Å². The van der Waals surface area contributed by atoms with Gasteiger partial charge in [-0.2, -0.15) is 5.10 Å². The number of aryl methyl sites for hydroxylation is 1. The molecule has 0 saturated carbocycles. The predicted octanol–water partition coefficient (Wildman–Crippen LogP) is 3.48. The molecule has 0 spiro atoms. The van der Waals surface area contributed by atoms with Crippen LogP contribution < -0.4 is 5.43 Å². The topological polar surface area (TPSA) is 54.6 Å². The van der Waals surface area contributed by atoms with Gasteiger partial charge in [0.15, 0.2) is 0 Å². The molecule has 20 heavy (non-hydrogen) atoms. The summed E-state index contributed by atoms with van der Waals surface area (Å²) in [6.07, 6.45) is 1.47. The van der Waals surface area contributed by atoms with E-state index in [2.05, 4.69) is 10.5 Å². The fourth-order valence-corrected chi connectivity index (χ4v) is 2.22. The number of carbonyl (C=O) groups is 1. The smallest absolute Gasteiger partial charge is 0.250 e. The molecular formula is C14H13ClN2O2S. The fraction of sp³-hybridized carbons (Fsp3) is 0.143. The molecule has 104 valence electrons. The number of halogens is 1. The second kappa shape index (κ2) is 7.17. The molecule has 0 bridgehead atoms. The van der Waals surface area contributed by atoms with Crippen molar-refractivity contribution in [2.24, 2.45) is 5.10 Å². The molecule has 1 amide bonds. The minimum absolute atomic E-state index is 0.176. The van der Waals surface area contributed by atoms with E-state index in [-0.39, 0.29) is 11.7 Å². The van der Waals surface area contributed by atoms with E-state index >= 15 is 0 Å². The molecule has 0 saturated heterocycles. The number of rotatable bonds is 5. The Kier molecular flexibility index (Phi) is 5.26. The van der Waals surface area contributed by atoms with Crippen LogP contribution in [0.1, 0.15) is 11.5 Å². The number of hydrogen-bond donors (Lipinski definition) is 1. The lowest BCUT2D eigenvalue weighted by atomic mass is 10.4. The summed E-state index contributed by atoms with van der Waals surface area (Å²) in [7, 11) is 0. The van der Waals surface area contributed by atoms with E-state index in [9.17, 15) is 4.79 Å². The summed E-state index contributed by atoms with van der Waals surface area (Å²) in [4.78, 5) is 12.6. The molecule has 4 nitrogen and oxygen atoms in total. The van der Waals surface area contributed by atoms with Crippen molar-refractivity contribution in [2.45, 2.75) is 11.8 Å². The molecule has 2 aromatic rings. The summed E-state index contributed by atoms with van der Waals surface area (Å²) in [5.74, 6) is 1.52. The number of benzene rings is 1. The zero-order valence-electron chi connectivity index (χ0n) is 10.8. The number of thioether (sulfide) groups is 1. The Morgan fingerprint density at radius 3 is 2.75 bits per heavy atom. The minimum Gasteiger partial charge on any atom is -0.460 e. The lowest BCUT2D eigenvalue weighted by molar-refractivity contribution is -0.118. The summed E-state index contributed by atoms with van der Waals surface area (Å²) >= 11 is 7.21. The van der Waals surface area contributed by atoms with Crippen LogP contribution in [0.4, 0.5) is 0 Å². The van der Waals surface area contributed by atoms with Crippen LogP contribution in [-0.2, 0) is 4.79 Å². The van der Waals surface area contributed by atoms with Gasteiger partial charge in [0.2, 0.25) is 5.91 Å². The quantitative estimate of drug-likeness (QED) is 0.522. The van der Waals surface area contributed by atoms with Crippen LogP contribution in [0.15, 0.2) is 50.8 Å². The van der Waals surface area contributed by atoms with Crippen molar-refractivity contribution in [1.29, 1.82) is 0 Å². The Hall–Kier alpha value is -1.72. The Morgan fingerprint density at radius 1 is 1.35 bits per heavy atom. The highest BCUT2D eigenvalue weighted by atomic mass is 35.5. The van der Waals surface area contributed by atoms with E-state index in [4.69, 9.17) is 16.0 Å². The summed E-state index contributed by atoms with van der Waals surface area (Å²) in [5, 5.41) is 4.51. The first-order valence-electron chi connectivity index (χ1n) is 5.90. The third kappa shape index (κ3) is 4.75. The molecule has 0 fully saturated rings. The zero-order valence-corrected chi connectivity index (χ0v) is 12.4. The van der Waals surface area contributed by atoms with Crippen LogP contribution in [0.25, 0.3) is 0 Å². The number of amides is 1. The maximum absolute atomic E-state index is 11.6. The molecule has 1 aromatic heterocycles. The predicted molar refractivity (Wildman–Crippen MR) is 81.4 cm³/mol. The first kappa shape index (κ1) is 14.7. The van der Waals surface area contributed by atoms with Gasteiger partial charge in [-0.3, -0.25) is 4.79 Å². The van der Waals surface area contributed by atoms with Gasteiger partial charge in [-0.05, 0) is 43.3 Å². The molecule has 2 rings (SSSR count). The molecule has 0 aliphatic rings. The molecule has 1 heterocycles. The summed E-state index contributed by atoms with van der Waals surface area (Å²) < 4.78 is 5.29. The van der Waals surface area contributed by atoms with Crippen molar-refractivity contribution in [3.05, 3.63) is 52.9 Å². The first-order chi connectivity index (χ1) is 9.63. The largest absolute Gasteiger partial charge is 0.460 e. The maximum Gasteiger partial charge on any atom is 0.250 e. The molecule has 6 heteroatoms. The maximum atomic E-state index is 11.6. The monoisotopic (exact) mass is 308 g/mol. The average Bonchev–Trinajstić information content (AvgIpc) is 2.84. The van der Waals surface area contributed by atoms with Crippen molar-refractivity contribution in [3.63, 3.8) is 0 Å². The fourth-order valence-electron chi connectivity index (χ4n) is 1.40. The molecule has 0 unspecified atom stereocenters. The summed E-state index contributed by atoms with van der Waals surface area (Å²) in [6.45, 7) is 1.85. The second-order valence-electron chi connectivity index (χ2n) is 3.98. The van der Waals surface area contributed by atoms with Crippen LogP contribution >= 0.6 is 23.4 Å². The number of hydrogen-bond acceptors (Lipinski definition) is 4. The Bertz CT molecular complexity index is 608. The summed E-state index contributed by atoms with van der Waals surface area (Å²) in [6, 6.07) is 10.9. The van der Waals surface area contributed by atoms with E-state index in [0.29, 0.717) is 10.8 Å². The third-order valence-electron chi connectivity index (χ3n) is 2.33. The number of carbonyl (C=O) groups excluding carboxylic acids is 1. The lowest BCUT2D eigenvalue weighted by Crippen LogP contribution is -2.19. The van der Waals surface area contributed by atoms with Crippen molar-refractivity contribution in [2.75, 3.05) is 5.75 Å². The van der Waals surface area contributed by atoms with Gasteiger partial charge in [0, 0.05) is 9.92 Å². The lowest BCUT2D eigenvalue weighted by Gasteiger charge is -2.00. The van der Waals surface area contributed by atoms with Gasteiger partial charge in [0.1, 0.15) is 11.5 Å². The molecule has 1 aromatic carbocycles. The zero-order chi connectivity index (χ0) is 14.4. The van der Waals surface area contributed by atoms with Gasteiger partial charge in [0.05, 0.1) is 12.0 Å². The van der Waals surface area contributed by atoms with E-state index in [1.807, 2.05) is 25.1 Å². The van der Waals surface area contributed by atoms with Crippen molar-refractivity contribution >= 4 is 35.5 Å². The molecule has 0 atom stereocenters. The number of nitrogens with one attached hydrogen (secondary N) is 1. The molecule has 0 aliphatic heterocycles.